The lowest BCUT2D eigenvalue weighted by atomic mass is 9.99. The minimum Gasteiger partial charge on any atom is -0.462 e. The van der Waals surface area contributed by atoms with E-state index in [0.29, 0.717) is 21.2 Å². The number of carbonyl (C=O) groups is 1. The molecule has 0 amide bonds. The number of esters is 1. The number of benzene rings is 2. The second kappa shape index (κ2) is 6.25. The molecule has 0 atom stereocenters. The number of hydrogen-bond donors (Lipinski definition) is 0. The predicted molar refractivity (Wildman–Crippen MR) is 77.8 cm³/mol. The zero-order valence-electron chi connectivity index (χ0n) is 10.6. The normalized spacial score (nSPS) is 10.4. The van der Waals surface area contributed by atoms with Crippen LogP contribution in [0.5, 0.6) is 0 Å². The molecule has 0 fully saturated rings. The van der Waals surface area contributed by atoms with Crippen LogP contribution in [0.4, 0.5) is 4.39 Å². The Kier molecular flexibility index (Phi) is 4.63. The molecule has 0 heterocycles. The molecule has 0 aliphatic heterocycles. The van der Waals surface area contributed by atoms with Gasteiger partial charge in [0.1, 0.15) is 5.82 Å². The highest BCUT2D eigenvalue weighted by Gasteiger charge is 2.17. The van der Waals surface area contributed by atoms with Crippen LogP contribution in [0.25, 0.3) is 11.1 Å². The molecule has 0 spiro atoms. The van der Waals surface area contributed by atoms with E-state index in [-0.39, 0.29) is 12.2 Å². The first-order valence-electron chi connectivity index (χ1n) is 5.95. The maximum absolute atomic E-state index is 13.4. The van der Waals surface area contributed by atoms with Crippen molar-refractivity contribution in [2.45, 2.75) is 6.92 Å². The Balaban J connectivity index is 2.61. The van der Waals surface area contributed by atoms with Crippen LogP contribution in [0.2, 0.25) is 10.0 Å². The molecule has 0 unspecified atom stereocenters. The van der Waals surface area contributed by atoms with Gasteiger partial charge < -0.3 is 4.74 Å². The van der Waals surface area contributed by atoms with Crippen molar-refractivity contribution in [3.63, 3.8) is 0 Å². The summed E-state index contributed by atoms with van der Waals surface area (Å²) in [5.74, 6) is -1.12. The first-order valence-corrected chi connectivity index (χ1v) is 6.70. The Morgan fingerprint density at radius 2 is 1.90 bits per heavy atom. The summed E-state index contributed by atoms with van der Waals surface area (Å²) < 4.78 is 18.3. The van der Waals surface area contributed by atoms with Gasteiger partial charge >= 0.3 is 5.97 Å². The molecule has 5 heteroatoms. The summed E-state index contributed by atoms with van der Waals surface area (Å²) in [5, 5.41) is 0.898. The highest BCUT2D eigenvalue weighted by atomic mass is 35.5. The molecule has 0 saturated carbocycles. The van der Waals surface area contributed by atoms with Gasteiger partial charge in [0.2, 0.25) is 0 Å². The third-order valence-electron chi connectivity index (χ3n) is 2.70. The summed E-state index contributed by atoms with van der Waals surface area (Å²) in [5.41, 5.74) is 1.16. The van der Waals surface area contributed by atoms with Gasteiger partial charge in [0, 0.05) is 15.6 Å². The predicted octanol–water partition coefficient (Wildman–Crippen LogP) is 4.98. The maximum Gasteiger partial charge on any atom is 0.338 e. The van der Waals surface area contributed by atoms with E-state index in [4.69, 9.17) is 27.9 Å². The fourth-order valence-corrected chi connectivity index (χ4v) is 2.22. The Morgan fingerprint density at radius 3 is 2.60 bits per heavy atom. The number of ether oxygens (including phenoxy) is 1. The van der Waals surface area contributed by atoms with Crippen molar-refractivity contribution in [1.82, 2.24) is 0 Å². The smallest absolute Gasteiger partial charge is 0.338 e. The molecule has 2 aromatic rings. The second-order valence-corrected chi connectivity index (χ2v) is 4.88. The zero-order chi connectivity index (χ0) is 14.7. The molecule has 20 heavy (non-hydrogen) atoms. The molecular weight excluding hydrogens is 302 g/mol. The molecule has 2 rings (SSSR count). The van der Waals surface area contributed by atoms with Crippen LogP contribution < -0.4 is 0 Å². The van der Waals surface area contributed by atoms with E-state index in [0.717, 1.165) is 6.07 Å². The van der Waals surface area contributed by atoms with Crippen LogP contribution >= 0.6 is 23.2 Å². The van der Waals surface area contributed by atoms with Gasteiger partial charge in [-0.2, -0.15) is 0 Å². The molecule has 2 aromatic carbocycles. The first-order chi connectivity index (χ1) is 9.52. The van der Waals surface area contributed by atoms with Crippen molar-refractivity contribution in [3.8, 4) is 11.1 Å². The second-order valence-electron chi connectivity index (χ2n) is 4.03. The average molecular weight is 313 g/mol. The summed E-state index contributed by atoms with van der Waals surface area (Å²) in [6, 6.07) is 8.76. The number of halogens is 3. The van der Waals surface area contributed by atoms with Gasteiger partial charge in [-0.1, -0.05) is 29.3 Å². The topological polar surface area (TPSA) is 26.3 Å². The van der Waals surface area contributed by atoms with Gasteiger partial charge in [0.15, 0.2) is 0 Å². The van der Waals surface area contributed by atoms with Crippen LogP contribution in [0, 0.1) is 5.82 Å². The summed E-state index contributed by atoms with van der Waals surface area (Å²) in [7, 11) is 0. The number of rotatable bonds is 3. The molecule has 0 aliphatic rings. The van der Waals surface area contributed by atoms with E-state index in [9.17, 15) is 9.18 Å². The molecular formula is C15H11Cl2FO2. The van der Waals surface area contributed by atoms with E-state index in [1.807, 2.05) is 0 Å². The fraction of sp³-hybridized carbons (Fsp3) is 0.133. The van der Waals surface area contributed by atoms with Crippen molar-refractivity contribution in [2.24, 2.45) is 0 Å². The van der Waals surface area contributed by atoms with Crippen LogP contribution in [0.1, 0.15) is 17.3 Å². The molecule has 104 valence electrons. The van der Waals surface area contributed by atoms with E-state index < -0.39 is 11.8 Å². The molecule has 0 bridgehead atoms. The summed E-state index contributed by atoms with van der Waals surface area (Å²) in [6.45, 7) is 1.89. The Morgan fingerprint density at radius 1 is 1.15 bits per heavy atom. The minimum absolute atomic E-state index is 0.121. The van der Waals surface area contributed by atoms with Crippen molar-refractivity contribution in [1.29, 1.82) is 0 Å². The Bertz CT molecular complexity index is 656. The Labute approximate surface area is 126 Å². The van der Waals surface area contributed by atoms with Gasteiger partial charge in [-0.25, -0.2) is 9.18 Å². The quantitative estimate of drug-likeness (QED) is 0.747. The van der Waals surface area contributed by atoms with Gasteiger partial charge in [-0.05, 0) is 42.8 Å². The highest BCUT2D eigenvalue weighted by molar-refractivity contribution is 6.35. The van der Waals surface area contributed by atoms with Crippen molar-refractivity contribution in [2.75, 3.05) is 6.61 Å². The van der Waals surface area contributed by atoms with Gasteiger partial charge in [-0.15, -0.1) is 0 Å². The van der Waals surface area contributed by atoms with Crippen molar-refractivity contribution in [3.05, 3.63) is 57.8 Å². The first kappa shape index (κ1) is 14.8. The van der Waals surface area contributed by atoms with Crippen LogP contribution in [-0.4, -0.2) is 12.6 Å². The molecule has 0 N–H and O–H groups in total. The lowest BCUT2D eigenvalue weighted by Gasteiger charge is -2.11. The molecule has 0 aliphatic carbocycles. The fourth-order valence-electron chi connectivity index (χ4n) is 1.83. The lowest BCUT2D eigenvalue weighted by Crippen LogP contribution is -2.07. The molecule has 0 aromatic heterocycles. The monoisotopic (exact) mass is 312 g/mol. The number of hydrogen-bond acceptors (Lipinski definition) is 2. The average Bonchev–Trinajstić information content (AvgIpc) is 2.42. The van der Waals surface area contributed by atoms with Gasteiger partial charge in [0.05, 0.1) is 12.2 Å². The van der Waals surface area contributed by atoms with E-state index >= 15 is 0 Å². The highest BCUT2D eigenvalue weighted by Crippen LogP contribution is 2.33. The Hall–Kier alpha value is -1.58. The molecule has 0 saturated heterocycles. The minimum atomic E-state index is -0.599. The zero-order valence-corrected chi connectivity index (χ0v) is 12.1. The summed E-state index contributed by atoms with van der Waals surface area (Å²) >= 11 is 12.1. The third-order valence-corrected chi connectivity index (χ3v) is 3.26. The third kappa shape index (κ3) is 3.11. The molecule has 0 radical (unpaired) electrons. The molecule has 2 nitrogen and oxygen atoms in total. The van der Waals surface area contributed by atoms with Crippen molar-refractivity contribution >= 4 is 29.2 Å². The standard InChI is InChI=1S/C15H11Cl2FO2/c1-2-20-15(19)13-8-10(18)4-5-11(13)12-7-9(16)3-6-14(12)17/h3-8H,2H2,1H3. The van der Waals surface area contributed by atoms with E-state index in [1.165, 1.54) is 12.1 Å². The largest absolute Gasteiger partial charge is 0.462 e. The van der Waals surface area contributed by atoms with E-state index in [1.54, 1.807) is 25.1 Å². The van der Waals surface area contributed by atoms with Gasteiger partial charge in [-0.3, -0.25) is 0 Å². The van der Waals surface area contributed by atoms with Crippen LogP contribution in [-0.2, 0) is 4.74 Å². The van der Waals surface area contributed by atoms with E-state index in [2.05, 4.69) is 0 Å². The van der Waals surface area contributed by atoms with Gasteiger partial charge in [0.25, 0.3) is 0 Å². The van der Waals surface area contributed by atoms with Crippen LogP contribution in [0.15, 0.2) is 36.4 Å². The van der Waals surface area contributed by atoms with Crippen molar-refractivity contribution < 1.29 is 13.9 Å². The summed E-state index contributed by atoms with van der Waals surface area (Å²) in [4.78, 5) is 11.9. The number of carbonyl (C=O) groups excluding carboxylic acids is 1. The lowest BCUT2D eigenvalue weighted by molar-refractivity contribution is 0.0526. The summed E-state index contributed by atoms with van der Waals surface area (Å²) in [6.07, 6.45) is 0. The SMILES string of the molecule is CCOC(=O)c1cc(F)ccc1-c1cc(Cl)ccc1Cl. The maximum atomic E-state index is 13.4. The van der Waals surface area contributed by atoms with Crippen LogP contribution in [0.3, 0.4) is 0 Å².